The Morgan fingerprint density at radius 2 is 2.44 bits per heavy atom. The molecule has 82 valence electrons. The van der Waals surface area contributed by atoms with Gasteiger partial charge in [-0.3, -0.25) is 4.98 Å². The number of aromatic nitrogens is 1. The van der Waals surface area contributed by atoms with E-state index in [0.717, 1.165) is 11.9 Å². The molecule has 1 N–H and O–H groups in total. The number of thiophene rings is 1. The van der Waals surface area contributed by atoms with Crippen LogP contribution in [0.2, 0.25) is 0 Å². The summed E-state index contributed by atoms with van der Waals surface area (Å²) < 4.78 is 1.24. The van der Waals surface area contributed by atoms with E-state index in [1.807, 2.05) is 26.2 Å². The Labute approximate surface area is 99.7 Å². The van der Waals surface area contributed by atoms with Gasteiger partial charge in [-0.1, -0.05) is 0 Å². The second-order valence-electron chi connectivity index (χ2n) is 3.54. The lowest BCUT2D eigenvalue weighted by molar-refractivity contribution is 0.610. The maximum absolute atomic E-state index is 4.44. The van der Waals surface area contributed by atoms with Crippen molar-refractivity contribution in [2.24, 2.45) is 0 Å². The monoisotopic (exact) mass is 230 g/mol. The van der Waals surface area contributed by atoms with Gasteiger partial charge in [0.2, 0.25) is 0 Å². The molecule has 0 saturated carbocycles. The van der Waals surface area contributed by atoms with E-state index >= 15 is 0 Å². The molecule has 2 rings (SSSR count). The lowest BCUT2D eigenvalue weighted by Gasteiger charge is -2.12. The first kappa shape index (κ1) is 11.1. The molecular weight excluding hydrogens is 216 g/mol. The molecule has 0 bridgehead atoms. The highest BCUT2D eigenvalue weighted by atomic mass is 32.1. The molecule has 0 saturated heterocycles. The second-order valence-corrected chi connectivity index (χ2v) is 4.49. The SMILES string of the molecule is CC#CCC(NC)c1cnc2ccsc2c1. The molecule has 2 heterocycles. The van der Waals surface area contributed by atoms with Crippen molar-refractivity contribution < 1.29 is 0 Å². The minimum atomic E-state index is 0.270. The highest BCUT2D eigenvalue weighted by Crippen LogP contribution is 2.23. The summed E-state index contributed by atoms with van der Waals surface area (Å²) in [4.78, 5) is 4.44. The Morgan fingerprint density at radius 3 is 3.19 bits per heavy atom. The van der Waals surface area contributed by atoms with Crippen molar-refractivity contribution in [2.75, 3.05) is 7.05 Å². The van der Waals surface area contributed by atoms with Gasteiger partial charge in [0.1, 0.15) is 0 Å². The molecular formula is C13H14N2S. The van der Waals surface area contributed by atoms with Crippen molar-refractivity contribution >= 4 is 21.6 Å². The van der Waals surface area contributed by atoms with E-state index in [4.69, 9.17) is 0 Å². The fraction of sp³-hybridized carbons (Fsp3) is 0.308. The zero-order valence-electron chi connectivity index (χ0n) is 9.45. The lowest BCUT2D eigenvalue weighted by Crippen LogP contribution is -2.15. The van der Waals surface area contributed by atoms with Gasteiger partial charge in [0.05, 0.1) is 10.2 Å². The number of rotatable bonds is 3. The Morgan fingerprint density at radius 1 is 1.56 bits per heavy atom. The third-order valence-corrected chi connectivity index (χ3v) is 3.41. The topological polar surface area (TPSA) is 24.9 Å². The van der Waals surface area contributed by atoms with Crippen molar-refractivity contribution in [1.29, 1.82) is 0 Å². The molecule has 16 heavy (non-hydrogen) atoms. The minimum Gasteiger partial charge on any atom is -0.312 e. The molecule has 0 fully saturated rings. The highest BCUT2D eigenvalue weighted by Gasteiger charge is 2.09. The molecule has 0 aliphatic heterocycles. The number of hydrogen-bond donors (Lipinski definition) is 1. The molecule has 0 radical (unpaired) electrons. The van der Waals surface area contributed by atoms with E-state index < -0.39 is 0 Å². The van der Waals surface area contributed by atoms with Crippen LogP contribution in [0.3, 0.4) is 0 Å². The molecule has 0 aliphatic carbocycles. The first-order chi connectivity index (χ1) is 7.85. The van der Waals surface area contributed by atoms with E-state index in [1.165, 1.54) is 10.3 Å². The van der Waals surface area contributed by atoms with Crippen molar-refractivity contribution in [1.82, 2.24) is 10.3 Å². The van der Waals surface area contributed by atoms with Crippen LogP contribution < -0.4 is 5.32 Å². The zero-order chi connectivity index (χ0) is 11.4. The molecule has 1 unspecified atom stereocenters. The van der Waals surface area contributed by atoms with Crippen LogP contribution in [-0.2, 0) is 0 Å². The van der Waals surface area contributed by atoms with Gasteiger partial charge in [-0.2, -0.15) is 0 Å². The van der Waals surface area contributed by atoms with Crippen LogP contribution in [0.1, 0.15) is 24.9 Å². The van der Waals surface area contributed by atoms with Crippen LogP contribution in [0, 0.1) is 11.8 Å². The van der Waals surface area contributed by atoms with Crippen LogP contribution >= 0.6 is 11.3 Å². The number of hydrogen-bond acceptors (Lipinski definition) is 3. The van der Waals surface area contributed by atoms with Crippen LogP contribution in [0.4, 0.5) is 0 Å². The molecule has 2 aromatic heterocycles. The fourth-order valence-corrected chi connectivity index (χ4v) is 2.43. The first-order valence-corrected chi connectivity index (χ1v) is 6.13. The van der Waals surface area contributed by atoms with Crippen LogP contribution in [0.5, 0.6) is 0 Å². The lowest BCUT2D eigenvalue weighted by atomic mass is 10.1. The van der Waals surface area contributed by atoms with Gasteiger partial charge in [0.15, 0.2) is 0 Å². The summed E-state index contributed by atoms with van der Waals surface area (Å²) in [6.07, 6.45) is 2.76. The van der Waals surface area contributed by atoms with E-state index in [1.54, 1.807) is 11.3 Å². The van der Waals surface area contributed by atoms with Gasteiger partial charge >= 0.3 is 0 Å². The summed E-state index contributed by atoms with van der Waals surface area (Å²) in [6, 6.07) is 4.52. The first-order valence-electron chi connectivity index (χ1n) is 5.25. The predicted octanol–water partition coefficient (Wildman–Crippen LogP) is 2.97. The number of nitrogens with zero attached hydrogens (tertiary/aromatic N) is 1. The van der Waals surface area contributed by atoms with Crippen molar-refractivity contribution in [2.45, 2.75) is 19.4 Å². The van der Waals surface area contributed by atoms with Gasteiger partial charge < -0.3 is 5.32 Å². The second kappa shape index (κ2) is 5.11. The third-order valence-electron chi connectivity index (χ3n) is 2.56. The van der Waals surface area contributed by atoms with E-state index in [2.05, 4.69) is 33.6 Å². The molecule has 2 nitrogen and oxygen atoms in total. The van der Waals surface area contributed by atoms with Gasteiger partial charge in [0.25, 0.3) is 0 Å². The number of fused-ring (bicyclic) bond motifs is 1. The van der Waals surface area contributed by atoms with Crippen LogP contribution in [-0.4, -0.2) is 12.0 Å². The van der Waals surface area contributed by atoms with Gasteiger partial charge in [-0.05, 0) is 37.0 Å². The summed E-state index contributed by atoms with van der Waals surface area (Å²) in [5.74, 6) is 6.03. The largest absolute Gasteiger partial charge is 0.312 e. The molecule has 0 amide bonds. The quantitative estimate of drug-likeness (QED) is 0.820. The predicted molar refractivity (Wildman–Crippen MR) is 69.5 cm³/mol. The van der Waals surface area contributed by atoms with Gasteiger partial charge in [0, 0.05) is 18.7 Å². The van der Waals surface area contributed by atoms with Gasteiger partial charge in [-0.15, -0.1) is 23.2 Å². The fourth-order valence-electron chi connectivity index (χ4n) is 1.64. The Balaban J connectivity index is 2.31. The maximum Gasteiger partial charge on any atom is 0.0809 e. The van der Waals surface area contributed by atoms with E-state index in [-0.39, 0.29) is 6.04 Å². The molecule has 3 heteroatoms. The average molecular weight is 230 g/mol. The maximum atomic E-state index is 4.44. The van der Waals surface area contributed by atoms with Crippen LogP contribution in [0.25, 0.3) is 10.2 Å². The van der Waals surface area contributed by atoms with Crippen molar-refractivity contribution in [3.63, 3.8) is 0 Å². The molecule has 2 aromatic rings. The summed E-state index contributed by atoms with van der Waals surface area (Å²) >= 11 is 1.73. The zero-order valence-corrected chi connectivity index (χ0v) is 10.3. The highest BCUT2D eigenvalue weighted by molar-refractivity contribution is 7.17. The third kappa shape index (κ3) is 2.24. The summed E-state index contributed by atoms with van der Waals surface area (Å²) in [5.41, 5.74) is 2.28. The summed E-state index contributed by atoms with van der Waals surface area (Å²) in [5, 5.41) is 5.34. The minimum absolute atomic E-state index is 0.270. The van der Waals surface area contributed by atoms with E-state index in [9.17, 15) is 0 Å². The van der Waals surface area contributed by atoms with Crippen molar-refractivity contribution in [3.05, 3.63) is 29.3 Å². The molecule has 0 aromatic carbocycles. The normalized spacial score (nSPS) is 12.1. The van der Waals surface area contributed by atoms with Crippen LogP contribution in [0.15, 0.2) is 23.7 Å². The summed E-state index contributed by atoms with van der Waals surface area (Å²) in [7, 11) is 1.96. The molecule has 0 spiro atoms. The average Bonchev–Trinajstić information content (AvgIpc) is 2.77. The number of pyridine rings is 1. The Kier molecular flexibility index (Phi) is 3.55. The Hall–Kier alpha value is -1.37. The molecule has 1 atom stereocenters. The Bertz CT molecular complexity index is 533. The van der Waals surface area contributed by atoms with Crippen molar-refractivity contribution in [3.8, 4) is 11.8 Å². The smallest absolute Gasteiger partial charge is 0.0809 e. The van der Waals surface area contributed by atoms with E-state index in [0.29, 0.717) is 0 Å². The standard InChI is InChI=1S/C13H14N2S/c1-3-4-5-11(14-2)10-8-13-12(15-9-10)6-7-16-13/h6-9,11,14H,5H2,1-2H3. The number of nitrogens with one attached hydrogen (secondary N) is 1. The summed E-state index contributed by atoms with van der Waals surface area (Å²) in [6.45, 7) is 1.87. The van der Waals surface area contributed by atoms with Gasteiger partial charge in [-0.25, -0.2) is 0 Å². The molecule has 0 aliphatic rings.